The number of halogens is 2. The molecule has 76 valence electrons. The second-order valence-corrected chi connectivity index (χ2v) is 3.36. The smallest absolute Gasteiger partial charge is 0.142 e. The highest BCUT2D eigenvalue weighted by Gasteiger charge is 2.06. The van der Waals surface area contributed by atoms with Crippen molar-refractivity contribution in [3.05, 3.63) is 41.4 Å². The van der Waals surface area contributed by atoms with Gasteiger partial charge in [0.05, 0.1) is 23.1 Å². The van der Waals surface area contributed by atoms with E-state index in [4.69, 9.17) is 17.3 Å². The number of nitrogens with zero attached hydrogens (tertiary/aromatic N) is 2. The molecule has 0 amide bonds. The van der Waals surface area contributed by atoms with E-state index in [0.717, 1.165) is 0 Å². The lowest BCUT2D eigenvalue weighted by atomic mass is 10.1. The van der Waals surface area contributed by atoms with Crippen molar-refractivity contribution in [3.8, 4) is 11.3 Å². The molecule has 0 radical (unpaired) electrons. The van der Waals surface area contributed by atoms with E-state index in [-0.39, 0.29) is 11.6 Å². The van der Waals surface area contributed by atoms with Gasteiger partial charge in [0.2, 0.25) is 0 Å². The SMILES string of the molecule is Nc1cncc(-c2cc(F)ccc2Cl)n1. The minimum absolute atomic E-state index is 0.271. The van der Waals surface area contributed by atoms with Gasteiger partial charge in [0.15, 0.2) is 0 Å². The van der Waals surface area contributed by atoms with Crippen molar-refractivity contribution in [3.63, 3.8) is 0 Å². The van der Waals surface area contributed by atoms with Crippen LogP contribution in [0.3, 0.4) is 0 Å². The average Bonchev–Trinajstić information content (AvgIpc) is 2.22. The number of anilines is 1. The minimum Gasteiger partial charge on any atom is -0.382 e. The maximum atomic E-state index is 13.0. The van der Waals surface area contributed by atoms with Crippen LogP contribution in [-0.2, 0) is 0 Å². The molecular formula is C10H7ClFN3. The monoisotopic (exact) mass is 223 g/mol. The van der Waals surface area contributed by atoms with E-state index in [1.165, 1.54) is 30.6 Å². The van der Waals surface area contributed by atoms with Crippen LogP contribution in [0.4, 0.5) is 10.2 Å². The Morgan fingerprint density at radius 1 is 1.27 bits per heavy atom. The zero-order chi connectivity index (χ0) is 10.8. The van der Waals surface area contributed by atoms with Crippen LogP contribution in [-0.4, -0.2) is 9.97 Å². The lowest BCUT2D eigenvalue weighted by Gasteiger charge is -2.03. The molecule has 2 N–H and O–H groups in total. The summed E-state index contributed by atoms with van der Waals surface area (Å²) in [5.41, 5.74) is 6.41. The molecule has 1 aromatic heterocycles. The first-order chi connectivity index (χ1) is 7.16. The van der Waals surface area contributed by atoms with Gasteiger partial charge in [-0.25, -0.2) is 9.37 Å². The average molecular weight is 224 g/mol. The van der Waals surface area contributed by atoms with Crippen molar-refractivity contribution in [1.29, 1.82) is 0 Å². The van der Waals surface area contributed by atoms with Gasteiger partial charge in [-0.2, -0.15) is 0 Å². The summed E-state index contributed by atoms with van der Waals surface area (Å²) < 4.78 is 13.0. The summed E-state index contributed by atoms with van der Waals surface area (Å²) in [6.07, 6.45) is 2.90. The van der Waals surface area contributed by atoms with Crippen LogP contribution in [0.2, 0.25) is 5.02 Å². The fourth-order valence-corrected chi connectivity index (χ4v) is 1.42. The van der Waals surface area contributed by atoms with Gasteiger partial charge in [0.1, 0.15) is 11.6 Å². The van der Waals surface area contributed by atoms with Gasteiger partial charge in [-0.15, -0.1) is 0 Å². The highest BCUT2D eigenvalue weighted by Crippen LogP contribution is 2.26. The fraction of sp³-hybridized carbons (Fsp3) is 0. The van der Waals surface area contributed by atoms with Crippen molar-refractivity contribution in [2.24, 2.45) is 0 Å². The first-order valence-electron chi connectivity index (χ1n) is 4.20. The van der Waals surface area contributed by atoms with Gasteiger partial charge in [-0.3, -0.25) is 4.98 Å². The predicted octanol–water partition coefficient (Wildman–Crippen LogP) is 2.52. The van der Waals surface area contributed by atoms with Gasteiger partial charge >= 0.3 is 0 Å². The number of hydrogen-bond acceptors (Lipinski definition) is 3. The molecule has 1 aromatic carbocycles. The fourth-order valence-electron chi connectivity index (χ4n) is 1.20. The Hall–Kier alpha value is -1.68. The quantitative estimate of drug-likeness (QED) is 0.808. The topological polar surface area (TPSA) is 51.8 Å². The second-order valence-electron chi connectivity index (χ2n) is 2.95. The maximum Gasteiger partial charge on any atom is 0.142 e. The van der Waals surface area contributed by atoms with Gasteiger partial charge in [-0.05, 0) is 18.2 Å². The lowest BCUT2D eigenvalue weighted by molar-refractivity contribution is 0.628. The van der Waals surface area contributed by atoms with Crippen molar-refractivity contribution < 1.29 is 4.39 Å². The van der Waals surface area contributed by atoms with E-state index in [1.807, 2.05) is 0 Å². The van der Waals surface area contributed by atoms with Crippen LogP contribution in [0.5, 0.6) is 0 Å². The molecule has 0 saturated heterocycles. The third-order valence-corrected chi connectivity index (χ3v) is 2.19. The summed E-state index contributed by atoms with van der Waals surface area (Å²) in [5, 5.41) is 0.413. The summed E-state index contributed by atoms with van der Waals surface area (Å²) in [6, 6.07) is 4.05. The molecule has 2 rings (SSSR count). The standard InChI is InChI=1S/C10H7ClFN3/c11-8-2-1-6(12)3-7(8)9-4-14-5-10(13)15-9/h1-5H,(H2,13,15). The Bertz CT molecular complexity index is 502. The van der Waals surface area contributed by atoms with Gasteiger partial charge in [0.25, 0.3) is 0 Å². The Kier molecular flexibility index (Phi) is 2.51. The first-order valence-corrected chi connectivity index (χ1v) is 4.57. The molecule has 0 fully saturated rings. The molecule has 0 spiro atoms. The van der Waals surface area contributed by atoms with Crippen molar-refractivity contribution in [2.75, 3.05) is 5.73 Å². The molecule has 15 heavy (non-hydrogen) atoms. The molecule has 0 aliphatic heterocycles. The molecule has 1 heterocycles. The van der Waals surface area contributed by atoms with Crippen molar-refractivity contribution >= 4 is 17.4 Å². The minimum atomic E-state index is -0.376. The zero-order valence-electron chi connectivity index (χ0n) is 7.61. The predicted molar refractivity (Wildman–Crippen MR) is 56.8 cm³/mol. The molecule has 0 saturated carbocycles. The number of benzene rings is 1. The molecule has 0 bridgehead atoms. The number of rotatable bonds is 1. The van der Waals surface area contributed by atoms with Crippen LogP contribution < -0.4 is 5.73 Å². The summed E-state index contributed by atoms with van der Waals surface area (Å²) in [5.74, 6) is -0.105. The molecule has 2 aromatic rings. The first kappa shape index (κ1) is 9.86. The highest BCUT2D eigenvalue weighted by atomic mass is 35.5. The number of nitrogen functional groups attached to an aromatic ring is 1. The largest absolute Gasteiger partial charge is 0.382 e. The van der Waals surface area contributed by atoms with E-state index in [0.29, 0.717) is 16.3 Å². The van der Waals surface area contributed by atoms with Crippen LogP contribution >= 0.6 is 11.6 Å². The van der Waals surface area contributed by atoms with Crippen molar-refractivity contribution in [1.82, 2.24) is 9.97 Å². The summed E-state index contributed by atoms with van der Waals surface area (Å²) >= 11 is 5.91. The molecule has 0 aliphatic rings. The van der Waals surface area contributed by atoms with Crippen LogP contribution in [0.1, 0.15) is 0 Å². The van der Waals surface area contributed by atoms with E-state index < -0.39 is 0 Å². The van der Waals surface area contributed by atoms with Gasteiger partial charge < -0.3 is 5.73 Å². The van der Waals surface area contributed by atoms with E-state index >= 15 is 0 Å². The Morgan fingerprint density at radius 3 is 2.80 bits per heavy atom. The molecule has 0 unspecified atom stereocenters. The third kappa shape index (κ3) is 2.05. The van der Waals surface area contributed by atoms with Crippen LogP contribution in [0.15, 0.2) is 30.6 Å². The Morgan fingerprint density at radius 2 is 2.07 bits per heavy atom. The van der Waals surface area contributed by atoms with Crippen molar-refractivity contribution in [2.45, 2.75) is 0 Å². The normalized spacial score (nSPS) is 10.3. The molecule has 0 aliphatic carbocycles. The second kappa shape index (κ2) is 3.82. The highest BCUT2D eigenvalue weighted by molar-refractivity contribution is 6.33. The van der Waals surface area contributed by atoms with Crippen LogP contribution in [0, 0.1) is 5.82 Å². The summed E-state index contributed by atoms with van der Waals surface area (Å²) in [6.45, 7) is 0. The maximum absolute atomic E-state index is 13.0. The van der Waals surface area contributed by atoms with E-state index in [2.05, 4.69) is 9.97 Å². The molecule has 5 heteroatoms. The van der Waals surface area contributed by atoms with Crippen LogP contribution in [0.25, 0.3) is 11.3 Å². The summed E-state index contributed by atoms with van der Waals surface area (Å²) in [4.78, 5) is 7.87. The van der Waals surface area contributed by atoms with Gasteiger partial charge in [-0.1, -0.05) is 11.6 Å². The third-order valence-electron chi connectivity index (χ3n) is 1.86. The number of aromatic nitrogens is 2. The van der Waals surface area contributed by atoms with E-state index in [1.54, 1.807) is 0 Å². The van der Waals surface area contributed by atoms with Gasteiger partial charge in [0, 0.05) is 5.56 Å². The number of hydrogen-bond donors (Lipinski definition) is 1. The molecule has 0 atom stereocenters. The molecule has 3 nitrogen and oxygen atoms in total. The molecular weight excluding hydrogens is 217 g/mol. The summed E-state index contributed by atoms with van der Waals surface area (Å²) in [7, 11) is 0. The lowest BCUT2D eigenvalue weighted by Crippen LogP contribution is -1.94. The Labute approximate surface area is 90.7 Å². The van der Waals surface area contributed by atoms with E-state index in [9.17, 15) is 4.39 Å². The number of nitrogens with two attached hydrogens (primary N) is 1. The Balaban J connectivity index is 2.58. The zero-order valence-corrected chi connectivity index (χ0v) is 8.37.